The second-order valence-electron chi connectivity index (χ2n) is 4.21. The van der Waals surface area contributed by atoms with Crippen molar-refractivity contribution in [3.8, 4) is 0 Å². The number of rotatable bonds is 3. The van der Waals surface area contributed by atoms with Gasteiger partial charge in [0, 0.05) is 18.8 Å². The highest BCUT2D eigenvalue weighted by Crippen LogP contribution is 2.25. The molecular weight excluding hydrogens is 282 g/mol. The third-order valence-electron chi connectivity index (χ3n) is 2.93. The quantitative estimate of drug-likeness (QED) is 0.645. The van der Waals surface area contributed by atoms with Crippen LogP contribution in [0.2, 0.25) is 0 Å². The van der Waals surface area contributed by atoms with E-state index in [1.54, 1.807) is 30.3 Å². The second-order valence-corrected chi connectivity index (χ2v) is 4.21. The van der Waals surface area contributed by atoms with E-state index in [-0.39, 0.29) is 0 Å². The van der Waals surface area contributed by atoms with E-state index in [9.17, 15) is 23.7 Å². The number of para-hydroxylation sites is 1. The molecule has 0 atom stereocenters. The monoisotopic (exact) mass is 292 g/mol. The van der Waals surface area contributed by atoms with Crippen molar-refractivity contribution in [3.05, 3.63) is 69.8 Å². The zero-order valence-corrected chi connectivity index (χ0v) is 10.9. The standard InChI is InChI=1S/C14H10F2N2O3/c1-17(9-5-3-2-4-6-9)14(19)12-10(15)7-8-11(13(12)16)18(20)21/h2-8H,1H3. The number of benzene rings is 2. The predicted molar refractivity (Wildman–Crippen MR) is 72.2 cm³/mol. The summed E-state index contributed by atoms with van der Waals surface area (Å²) in [7, 11) is 1.33. The van der Waals surface area contributed by atoms with Gasteiger partial charge in [0.05, 0.1) is 4.92 Å². The number of hydrogen-bond acceptors (Lipinski definition) is 3. The molecule has 0 aliphatic heterocycles. The van der Waals surface area contributed by atoms with Crippen LogP contribution in [0.4, 0.5) is 20.2 Å². The predicted octanol–water partition coefficient (Wildman–Crippen LogP) is 3.15. The summed E-state index contributed by atoms with van der Waals surface area (Å²) in [6.07, 6.45) is 0. The molecule has 0 saturated heterocycles. The van der Waals surface area contributed by atoms with Gasteiger partial charge in [0.2, 0.25) is 5.82 Å². The van der Waals surface area contributed by atoms with Crippen LogP contribution in [-0.2, 0) is 0 Å². The third-order valence-corrected chi connectivity index (χ3v) is 2.93. The molecule has 0 aromatic heterocycles. The zero-order chi connectivity index (χ0) is 15.6. The smallest absolute Gasteiger partial charge is 0.305 e. The number of nitro benzene ring substituents is 1. The fourth-order valence-electron chi connectivity index (χ4n) is 1.82. The number of halogens is 2. The van der Waals surface area contributed by atoms with Crippen LogP contribution in [0.1, 0.15) is 10.4 Å². The van der Waals surface area contributed by atoms with Gasteiger partial charge in [-0.25, -0.2) is 4.39 Å². The van der Waals surface area contributed by atoms with E-state index in [0.29, 0.717) is 17.8 Å². The first-order valence-electron chi connectivity index (χ1n) is 5.89. The first kappa shape index (κ1) is 14.6. The molecule has 21 heavy (non-hydrogen) atoms. The van der Waals surface area contributed by atoms with E-state index in [0.717, 1.165) is 4.90 Å². The number of amides is 1. The topological polar surface area (TPSA) is 63.5 Å². The molecule has 2 aromatic rings. The molecule has 0 heterocycles. The number of anilines is 1. The molecule has 7 heteroatoms. The number of nitrogens with zero attached hydrogens (tertiary/aromatic N) is 2. The first-order valence-corrected chi connectivity index (χ1v) is 5.89. The first-order chi connectivity index (χ1) is 9.93. The minimum absolute atomic E-state index is 0.410. The van der Waals surface area contributed by atoms with Crippen LogP contribution in [0.5, 0.6) is 0 Å². The summed E-state index contributed by atoms with van der Waals surface area (Å²) < 4.78 is 27.7. The van der Waals surface area contributed by atoms with E-state index >= 15 is 0 Å². The average Bonchev–Trinajstić information content (AvgIpc) is 2.46. The van der Waals surface area contributed by atoms with Gasteiger partial charge in [0.25, 0.3) is 5.91 Å². The lowest BCUT2D eigenvalue weighted by molar-refractivity contribution is -0.387. The molecule has 0 aliphatic carbocycles. The van der Waals surface area contributed by atoms with E-state index < -0.39 is 33.7 Å². The largest absolute Gasteiger partial charge is 0.311 e. The van der Waals surface area contributed by atoms with Gasteiger partial charge in [-0.1, -0.05) is 18.2 Å². The zero-order valence-electron chi connectivity index (χ0n) is 10.9. The normalized spacial score (nSPS) is 10.2. The minimum Gasteiger partial charge on any atom is -0.311 e. The number of nitro groups is 1. The maximum atomic E-state index is 14.0. The van der Waals surface area contributed by atoms with E-state index in [1.807, 2.05) is 0 Å². The molecule has 0 unspecified atom stereocenters. The van der Waals surface area contributed by atoms with Crippen LogP contribution in [0.3, 0.4) is 0 Å². The Labute approximate surface area is 118 Å². The molecule has 0 fully saturated rings. The minimum atomic E-state index is -1.48. The Morgan fingerprint density at radius 3 is 2.33 bits per heavy atom. The molecule has 2 aromatic carbocycles. The summed E-state index contributed by atoms with van der Waals surface area (Å²) in [6.45, 7) is 0. The van der Waals surface area contributed by atoms with Crippen LogP contribution in [-0.4, -0.2) is 17.9 Å². The lowest BCUT2D eigenvalue weighted by Gasteiger charge is -2.17. The lowest BCUT2D eigenvalue weighted by Crippen LogP contribution is -2.28. The molecular formula is C14H10F2N2O3. The third kappa shape index (κ3) is 2.71. The van der Waals surface area contributed by atoms with Crippen molar-refractivity contribution < 1.29 is 18.5 Å². The molecule has 2 rings (SSSR count). The van der Waals surface area contributed by atoms with Gasteiger partial charge in [0.15, 0.2) is 0 Å². The van der Waals surface area contributed by atoms with Crippen LogP contribution in [0, 0.1) is 21.7 Å². The van der Waals surface area contributed by atoms with Gasteiger partial charge in [-0.15, -0.1) is 0 Å². The average molecular weight is 292 g/mol. The molecule has 1 amide bonds. The Bertz CT molecular complexity index is 705. The molecule has 0 spiro atoms. The number of carbonyl (C=O) groups excluding carboxylic acids is 1. The summed E-state index contributed by atoms with van der Waals surface area (Å²) in [5.41, 5.74) is -1.48. The van der Waals surface area contributed by atoms with E-state index in [4.69, 9.17) is 0 Å². The van der Waals surface area contributed by atoms with Gasteiger partial charge >= 0.3 is 5.69 Å². The summed E-state index contributed by atoms with van der Waals surface area (Å²) >= 11 is 0. The van der Waals surface area contributed by atoms with Crippen LogP contribution in [0.15, 0.2) is 42.5 Å². The van der Waals surface area contributed by atoms with Gasteiger partial charge < -0.3 is 4.90 Å². The lowest BCUT2D eigenvalue weighted by atomic mass is 10.1. The highest BCUT2D eigenvalue weighted by atomic mass is 19.1. The Morgan fingerprint density at radius 2 is 1.76 bits per heavy atom. The van der Waals surface area contributed by atoms with Crippen LogP contribution < -0.4 is 4.90 Å². The van der Waals surface area contributed by atoms with Crippen molar-refractivity contribution in [1.29, 1.82) is 0 Å². The maximum absolute atomic E-state index is 14.0. The SMILES string of the molecule is CN(C(=O)c1c(F)ccc([N+](=O)[O-])c1F)c1ccccc1. The van der Waals surface area contributed by atoms with Crippen molar-refractivity contribution in [2.45, 2.75) is 0 Å². The molecule has 0 bridgehead atoms. The van der Waals surface area contributed by atoms with Crippen molar-refractivity contribution in [3.63, 3.8) is 0 Å². The Balaban J connectivity index is 2.49. The van der Waals surface area contributed by atoms with Crippen LogP contribution >= 0.6 is 0 Å². The second kappa shape index (κ2) is 5.66. The molecule has 0 aliphatic rings. The summed E-state index contributed by atoms with van der Waals surface area (Å²) in [6, 6.07) is 9.56. The molecule has 5 nitrogen and oxygen atoms in total. The summed E-state index contributed by atoms with van der Waals surface area (Å²) in [5.74, 6) is -3.63. The van der Waals surface area contributed by atoms with Crippen molar-refractivity contribution in [1.82, 2.24) is 0 Å². The van der Waals surface area contributed by atoms with Gasteiger partial charge in [-0.3, -0.25) is 14.9 Å². The number of carbonyl (C=O) groups is 1. The Hall–Kier alpha value is -2.83. The maximum Gasteiger partial charge on any atom is 0.305 e. The van der Waals surface area contributed by atoms with E-state index in [1.165, 1.54) is 7.05 Å². The Kier molecular flexibility index (Phi) is 3.93. The van der Waals surface area contributed by atoms with Crippen molar-refractivity contribution in [2.75, 3.05) is 11.9 Å². The fraction of sp³-hybridized carbons (Fsp3) is 0.0714. The van der Waals surface area contributed by atoms with Crippen molar-refractivity contribution in [2.24, 2.45) is 0 Å². The summed E-state index contributed by atoms with van der Waals surface area (Å²) in [5, 5.41) is 10.7. The highest BCUT2D eigenvalue weighted by Gasteiger charge is 2.28. The fourth-order valence-corrected chi connectivity index (χ4v) is 1.82. The van der Waals surface area contributed by atoms with E-state index in [2.05, 4.69) is 0 Å². The molecule has 0 N–H and O–H groups in total. The Morgan fingerprint density at radius 1 is 1.14 bits per heavy atom. The van der Waals surface area contributed by atoms with Gasteiger partial charge in [-0.05, 0) is 18.2 Å². The van der Waals surface area contributed by atoms with Crippen LogP contribution in [0.25, 0.3) is 0 Å². The number of hydrogen-bond donors (Lipinski definition) is 0. The van der Waals surface area contributed by atoms with Gasteiger partial charge in [0.1, 0.15) is 11.4 Å². The van der Waals surface area contributed by atoms with Crippen molar-refractivity contribution >= 4 is 17.3 Å². The molecule has 0 radical (unpaired) electrons. The highest BCUT2D eigenvalue weighted by molar-refractivity contribution is 6.06. The molecule has 108 valence electrons. The van der Waals surface area contributed by atoms with Gasteiger partial charge in [-0.2, -0.15) is 4.39 Å². The molecule has 0 saturated carbocycles. The summed E-state index contributed by atoms with van der Waals surface area (Å²) in [4.78, 5) is 22.9.